The summed E-state index contributed by atoms with van der Waals surface area (Å²) in [5.41, 5.74) is 5.45. The predicted octanol–water partition coefficient (Wildman–Crippen LogP) is 0.0932. The van der Waals surface area contributed by atoms with Gasteiger partial charge in [0.25, 0.3) is 0 Å². The molecule has 2 rings (SSSR count). The van der Waals surface area contributed by atoms with E-state index in [4.69, 9.17) is 10.5 Å². The Balaban J connectivity index is 1.88. The molecule has 2 saturated heterocycles. The Kier molecular flexibility index (Phi) is 4.97. The fourth-order valence-electron chi connectivity index (χ4n) is 3.06. The van der Waals surface area contributed by atoms with Crippen molar-refractivity contribution in [2.45, 2.75) is 50.7 Å². The molecule has 2 aliphatic rings. The Morgan fingerprint density at radius 3 is 3.06 bits per heavy atom. The van der Waals surface area contributed by atoms with Crippen LogP contribution in [0.2, 0.25) is 0 Å². The van der Waals surface area contributed by atoms with E-state index in [1.54, 1.807) is 0 Å². The molecule has 0 aromatic carbocycles. The van der Waals surface area contributed by atoms with Gasteiger partial charge in [0.05, 0.1) is 13.2 Å². The zero-order chi connectivity index (χ0) is 13.0. The van der Waals surface area contributed by atoms with E-state index in [1.165, 1.54) is 19.3 Å². The molecule has 2 fully saturated rings. The molecule has 0 aromatic rings. The molecule has 5 nitrogen and oxygen atoms in total. The lowest BCUT2D eigenvalue weighted by Gasteiger charge is -2.39. The third-order valence-electron chi connectivity index (χ3n) is 4.10. The number of nitrogens with one attached hydrogen (secondary N) is 1. The highest BCUT2D eigenvalue weighted by Crippen LogP contribution is 2.18. The molecular formula is C13H25N3O2. The molecule has 2 aliphatic heterocycles. The van der Waals surface area contributed by atoms with Crippen molar-refractivity contribution in [1.29, 1.82) is 0 Å². The average molecular weight is 255 g/mol. The Morgan fingerprint density at radius 2 is 2.39 bits per heavy atom. The lowest BCUT2D eigenvalue weighted by Crippen LogP contribution is -2.56. The van der Waals surface area contributed by atoms with Crippen LogP contribution in [0.4, 0.5) is 0 Å². The number of amides is 1. The normalized spacial score (nSPS) is 32.1. The van der Waals surface area contributed by atoms with Crippen LogP contribution in [0.15, 0.2) is 0 Å². The van der Waals surface area contributed by atoms with E-state index < -0.39 is 0 Å². The van der Waals surface area contributed by atoms with Crippen molar-refractivity contribution in [3.63, 3.8) is 0 Å². The number of primary amides is 1. The molecule has 0 radical (unpaired) electrons. The van der Waals surface area contributed by atoms with Gasteiger partial charge >= 0.3 is 0 Å². The van der Waals surface area contributed by atoms with Crippen LogP contribution in [0, 0.1) is 0 Å². The second-order valence-electron chi connectivity index (χ2n) is 5.46. The number of rotatable bonds is 4. The number of carbonyl (C=O) groups excluding carboxylic acids is 1. The molecule has 3 N–H and O–H groups in total. The maximum atomic E-state index is 11.4. The maximum absolute atomic E-state index is 11.4. The van der Waals surface area contributed by atoms with Crippen LogP contribution < -0.4 is 11.1 Å². The van der Waals surface area contributed by atoms with Gasteiger partial charge in [0.1, 0.15) is 6.04 Å². The number of hydrogen-bond donors (Lipinski definition) is 2. The van der Waals surface area contributed by atoms with Gasteiger partial charge in [0.15, 0.2) is 0 Å². The van der Waals surface area contributed by atoms with Gasteiger partial charge in [-0.15, -0.1) is 0 Å². The number of nitrogens with zero attached hydrogens (tertiary/aromatic N) is 1. The fraction of sp³-hybridized carbons (Fsp3) is 0.923. The highest BCUT2D eigenvalue weighted by atomic mass is 16.5. The van der Waals surface area contributed by atoms with Crippen LogP contribution in [0.1, 0.15) is 32.6 Å². The summed E-state index contributed by atoms with van der Waals surface area (Å²) in [6.07, 6.45) is 4.93. The van der Waals surface area contributed by atoms with E-state index in [-0.39, 0.29) is 11.9 Å². The number of morpholine rings is 1. The standard InChI is InChI=1S/C13H25N3O2/c1-10(8-11-4-2-3-5-15-11)16-6-7-18-9-12(16)13(14)17/h10-12,15H,2-9H2,1H3,(H2,14,17). The molecule has 0 aliphatic carbocycles. The molecule has 1 amide bonds. The molecule has 0 bridgehead atoms. The third-order valence-corrected chi connectivity index (χ3v) is 4.10. The molecule has 0 spiro atoms. The first-order chi connectivity index (χ1) is 8.68. The van der Waals surface area contributed by atoms with Gasteiger partial charge in [-0.05, 0) is 32.7 Å². The number of piperidine rings is 1. The number of carbonyl (C=O) groups is 1. The molecule has 3 unspecified atom stereocenters. The van der Waals surface area contributed by atoms with E-state index in [0.717, 1.165) is 19.5 Å². The molecule has 2 heterocycles. The molecule has 0 saturated carbocycles. The van der Waals surface area contributed by atoms with Gasteiger partial charge in [-0.3, -0.25) is 9.69 Å². The van der Waals surface area contributed by atoms with Gasteiger partial charge in [0.2, 0.25) is 5.91 Å². The van der Waals surface area contributed by atoms with E-state index in [9.17, 15) is 4.79 Å². The van der Waals surface area contributed by atoms with Crippen molar-refractivity contribution >= 4 is 5.91 Å². The Bertz CT molecular complexity index is 279. The predicted molar refractivity (Wildman–Crippen MR) is 70.2 cm³/mol. The fourth-order valence-corrected chi connectivity index (χ4v) is 3.06. The summed E-state index contributed by atoms with van der Waals surface area (Å²) < 4.78 is 5.36. The highest BCUT2D eigenvalue weighted by molar-refractivity contribution is 5.80. The van der Waals surface area contributed by atoms with E-state index in [2.05, 4.69) is 17.1 Å². The first kappa shape index (κ1) is 13.8. The van der Waals surface area contributed by atoms with Crippen molar-refractivity contribution in [1.82, 2.24) is 10.2 Å². The summed E-state index contributed by atoms with van der Waals surface area (Å²) in [5, 5.41) is 3.56. The Labute approximate surface area is 109 Å². The summed E-state index contributed by atoms with van der Waals surface area (Å²) in [7, 11) is 0. The van der Waals surface area contributed by atoms with Crippen LogP contribution in [-0.2, 0) is 9.53 Å². The van der Waals surface area contributed by atoms with Gasteiger partial charge < -0.3 is 15.8 Å². The zero-order valence-electron chi connectivity index (χ0n) is 11.2. The minimum atomic E-state index is -0.266. The molecular weight excluding hydrogens is 230 g/mol. The smallest absolute Gasteiger partial charge is 0.237 e. The molecule has 3 atom stereocenters. The summed E-state index contributed by atoms with van der Waals surface area (Å²) >= 11 is 0. The number of hydrogen-bond acceptors (Lipinski definition) is 4. The van der Waals surface area contributed by atoms with Crippen molar-refractivity contribution in [3.05, 3.63) is 0 Å². The van der Waals surface area contributed by atoms with Crippen molar-refractivity contribution in [2.24, 2.45) is 5.73 Å². The van der Waals surface area contributed by atoms with E-state index in [0.29, 0.717) is 25.3 Å². The van der Waals surface area contributed by atoms with E-state index >= 15 is 0 Å². The lowest BCUT2D eigenvalue weighted by atomic mass is 9.97. The van der Waals surface area contributed by atoms with Crippen LogP contribution in [0.5, 0.6) is 0 Å². The molecule has 18 heavy (non-hydrogen) atoms. The first-order valence-corrected chi connectivity index (χ1v) is 7.04. The molecule has 104 valence electrons. The van der Waals surface area contributed by atoms with Crippen LogP contribution in [-0.4, -0.2) is 55.2 Å². The maximum Gasteiger partial charge on any atom is 0.237 e. The molecule has 0 aromatic heterocycles. The summed E-state index contributed by atoms with van der Waals surface area (Å²) in [6, 6.07) is 0.712. The van der Waals surface area contributed by atoms with Crippen molar-refractivity contribution in [2.75, 3.05) is 26.3 Å². The second-order valence-corrected chi connectivity index (χ2v) is 5.46. The van der Waals surface area contributed by atoms with Crippen LogP contribution >= 0.6 is 0 Å². The second kappa shape index (κ2) is 6.50. The zero-order valence-corrected chi connectivity index (χ0v) is 11.2. The average Bonchev–Trinajstić information content (AvgIpc) is 2.40. The summed E-state index contributed by atoms with van der Waals surface area (Å²) in [4.78, 5) is 13.7. The Morgan fingerprint density at radius 1 is 1.56 bits per heavy atom. The minimum Gasteiger partial charge on any atom is -0.378 e. The topological polar surface area (TPSA) is 67.6 Å². The van der Waals surface area contributed by atoms with Crippen LogP contribution in [0.3, 0.4) is 0 Å². The van der Waals surface area contributed by atoms with Gasteiger partial charge in [-0.2, -0.15) is 0 Å². The van der Waals surface area contributed by atoms with Crippen molar-refractivity contribution in [3.8, 4) is 0 Å². The van der Waals surface area contributed by atoms with Gasteiger partial charge in [0, 0.05) is 18.6 Å². The highest BCUT2D eigenvalue weighted by Gasteiger charge is 2.32. The lowest BCUT2D eigenvalue weighted by molar-refractivity contribution is -0.131. The number of nitrogens with two attached hydrogens (primary N) is 1. The minimum absolute atomic E-state index is 0.252. The third kappa shape index (κ3) is 3.43. The first-order valence-electron chi connectivity index (χ1n) is 7.04. The quantitative estimate of drug-likeness (QED) is 0.747. The van der Waals surface area contributed by atoms with Gasteiger partial charge in [-0.1, -0.05) is 6.42 Å². The Hall–Kier alpha value is -0.650. The summed E-state index contributed by atoms with van der Waals surface area (Å²) in [6.45, 7) is 5.27. The van der Waals surface area contributed by atoms with Gasteiger partial charge in [-0.25, -0.2) is 0 Å². The molecule has 5 heteroatoms. The summed E-state index contributed by atoms with van der Waals surface area (Å²) in [5.74, 6) is -0.266. The van der Waals surface area contributed by atoms with Crippen molar-refractivity contribution < 1.29 is 9.53 Å². The van der Waals surface area contributed by atoms with Crippen LogP contribution in [0.25, 0.3) is 0 Å². The monoisotopic (exact) mass is 255 g/mol. The number of ether oxygens (including phenoxy) is 1. The SMILES string of the molecule is CC(CC1CCCCN1)N1CCOCC1C(N)=O. The largest absolute Gasteiger partial charge is 0.378 e. The van der Waals surface area contributed by atoms with E-state index in [1.807, 2.05) is 0 Å².